The van der Waals surface area contributed by atoms with Crippen LogP contribution in [0.15, 0.2) is 42.2 Å². The van der Waals surface area contributed by atoms with Crippen LogP contribution in [0.2, 0.25) is 0 Å². The zero-order valence-electron chi connectivity index (χ0n) is 35.3. The molecule has 0 saturated heterocycles. The van der Waals surface area contributed by atoms with E-state index in [4.69, 9.17) is 46.9 Å². The molecule has 0 saturated carbocycles. The molecule has 2 aromatic carbocycles. The third-order valence-electron chi connectivity index (χ3n) is 11.2. The molecule has 5 bridgehead atoms. The summed E-state index contributed by atoms with van der Waals surface area (Å²) in [6.07, 6.45) is 3.47. The number of benzene rings is 2. The van der Waals surface area contributed by atoms with Crippen LogP contribution in [0, 0.1) is 30.6 Å². The predicted octanol–water partition coefficient (Wildman–Crippen LogP) is 5.73. The summed E-state index contributed by atoms with van der Waals surface area (Å²) in [7, 11) is 1.43. The van der Waals surface area contributed by atoms with Gasteiger partial charge in [0.25, 0.3) is 17.6 Å². The molecule has 0 fully saturated rings. The smallest absolute Gasteiger partial charge is 0.312 e. The van der Waals surface area contributed by atoms with Crippen LogP contribution in [0.3, 0.4) is 0 Å². The minimum Gasteiger partial charge on any atom is -0.507 e. The number of amides is 2. The van der Waals surface area contributed by atoms with Crippen molar-refractivity contribution < 1.29 is 63.3 Å². The summed E-state index contributed by atoms with van der Waals surface area (Å²) in [5, 5.41) is 48.4. The number of hydrogen-bond acceptors (Lipinski definition) is 13. The number of halogens is 2. The van der Waals surface area contributed by atoms with Gasteiger partial charge in [-0.05, 0) is 19.9 Å². The first-order chi connectivity index (χ1) is 28.2. The lowest BCUT2D eigenvalue weighted by molar-refractivity contribution is -0.160. The van der Waals surface area contributed by atoms with Crippen molar-refractivity contribution in [2.45, 2.75) is 85.6 Å². The number of ether oxygens (including phenoxy) is 5. The van der Waals surface area contributed by atoms with Crippen molar-refractivity contribution >= 4 is 63.2 Å². The average molecular weight is 880 g/mol. The summed E-state index contributed by atoms with van der Waals surface area (Å²) in [5.74, 6) is -8.20. The second-order valence-corrected chi connectivity index (χ2v) is 16.2. The van der Waals surface area contributed by atoms with Gasteiger partial charge < -0.3 is 54.3 Å². The Morgan fingerprint density at radius 3 is 2.20 bits per heavy atom. The molecular weight excluding hydrogens is 823 g/mol. The maximum Gasteiger partial charge on any atom is 0.312 e. The van der Waals surface area contributed by atoms with Crippen LogP contribution < -0.4 is 14.8 Å². The predicted molar refractivity (Wildman–Crippen MR) is 226 cm³/mol. The molecule has 5 rings (SSSR count). The quantitative estimate of drug-likeness (QED) is 0.116. The number of fused-ring (bicyclic) bond motifs is 14. The second-order valence-electron chi connectivity index (χ2n) is 15.5. The lowest BCUT2D eigenvalue weighted by Gasteiger charge is -2.38. The van der Waals surface area contributed by atoms with Gasteiger partial charge >= 0.3 is 11.8 Å². The molecule has 3 aliphatic heterocycles. The number of Topliss-reactive ketones (excluding diaryl/α,β-unsaturated/α-hetero) is 1. The van der Waals surface area contributed by atoms with Crippen LogP contribution in [-0.4, -0.2) is 118 Å². The summed E-state index contributed by atoms with van der Waals surface area (Å²) < 4.78 is 29.7. The number of esters is 1. The number of phenolic OH excluding ortho intramolecular Hbond substituents is 2. The van der Waals surface area contributed by atoms with E-state index in [1.807, 2.05) is 0 Å². The topological polar surface area (TPSA) is 211 Å². The van der Waals surface area contributed by atoms with E-state index in [0.717, 1.165) is 0 Å². The number of methoxy groups -OCH3 is 1. The van der Waals surface area contributed by atoms with Crippen LogP contribution in [0.4, 0.5) is 5.69 Å². The van der Waals surface area contributed by atoms with E-state index in [1.54, 1.807) is 39.8 Å². The van der Waals surface area contributed by atoms with Gasteiger partial charge in [0.05, 0.1) is 41.2 Å². The molecule has 3 heterocycles. The Kier molecular flexibility index (Phi) is 16.3. The highest BCUT2D eigenvalue weighted by Crippen LogP contribution is 2.54. The van der Waals surface area contributed by atoms with E-state index in [1.165, 1.54) is 64.2 Å². The number of rotatable bonds is 9. The molecule has 17 heteroatoms. The number of nitrogens with one attached hydrogen (secondary N) is 1. The highest BCUT2D eigenvalue weighted by Gasteiger charge is 2.50. The molecule has 0 radical (unpaired) electrons. The molecule has 15 nitrogen and oxygen atoms in total. The fraction of sp³-hybridized carbons (Fsp3) is 0.535. The number of allylic oxidation sites excluding steroid dienone is 2. The number of aromatic hydroxyl groups is 2. The minimum atomic E-state index is -2.05. The molecule has 330 valence electrons. The number of carbonyl (C=O) groups excluding carboxylic acids is 4. The van der Waals surface area contributed by atoms with Crippen LogP contribution in [0.5, 0.6) is 23.0 Å². The number of hydrogen-bond donors (Lipinski definition) is 5. The van der Waals surface area contributed by atoms with Crippen molar-refractivity contribution in [2.24, 2.45) is 23.7 Å². The Balaban J connectivity index is 1.94. The molecule has 0 aliphatic carbocycles. The highest BCUT2D eigenvalue weighted by molar-refractivity contribution is 6.21. The van der Waals surface area contributed by atoms with Gasteiger partial charge in [0.1, 0.15) is 23.4 Å². The summed E-state index contributed by atoms with van der Waals surface area (Å²) in [6, 6.07) is 1.23. The van der Waals surface area contributed by atoms with E-state index in [9.17, 15) is 39.6 Å². The van der Waals surface area contributed by atoms with Crippen molar-refractivity contribution in [1.82, 2.24) is 4.90 Å². The van der Waals surface area contributed by atoms with Crippen molar-refractivity contribution in [3.63, 3.8) is 0 Å². The minimum absolute atomic E-state index is 0.0517. The SMILES string of the molecule is CO[C@H]1/C=C/O[C@@]2(C)Oc3c(C)c(O)c4c(O)c(cc(OCC(=O)N(CCCl)CCCl)c4c3C2=O)NC(=O)/C(C)=C/C=C/[C@H](C)[C@H](O)[C@@H](C)[C@@H](O)[C@@H](C)[C@H](OC(C)=O)[C@@H]1C. The Bertz CT molecular complexity index is 2030. The van der Waals surface area contributed by atoms with Gasteiger partial charge in [-0.15, -0.1) is 23.2 Å². The van der Waals surface area contributed by atoms with Gasteiger partial charge in [0.2, 0.25) is 0 Å². The Hall–Kier alpha value is -4.54. The first kappa shape index (κ1) is 48.1. The van der Waals surface area contributed by atoms with Crippen LogP contribution >= 0.6 is 23.2 Å². The standard InChI is InChI=1S/C43H56Cl2N2O13/c1-21-11-10-12-22(2)42(55)46-28-19-30(57-20-31(49)47(16-14-44)17-15-45)32-33(38(28)53)37(52)26(6)40-34(32)41(54)43(8,60-40)58-18-13-29(56-9)23(3)39(59-27(7)48)25(5)36(51)24(4)35(21)50/h10-13,18-19,21,23-25,29,35-36,39,50-53H,14-17,20H2,1-9H3,(H,46,55)/b11-10+,18-13+,22-12+/t21-,23+,24+,25+,29-,35-,36+,39+,43-/m0/s1. The van der Waals surface area contributed by atoms with E-state index in [-0.39, 0.29) is 69.5 Å². The Morgan fingerprint density at radius 1 is 0.950 bits per heavy atom. The maximum atomic E-state index is 14.5. The number of ketones is 1. The van der Waals surface area contributed by atoms with Crippen molar-refractivity contribution in [2.75, 3.05) is 43.9 Å². The number of phenols is 2. The molecule has 60 heavy (non-hydrogen) atoms. The lowest BCUT2D eigenvalue weighted by atomic mass is 9.78. The second kappa shape index (κ2) is 20.3. The summed E-state index contributed by atoms with van der Waals surface area (Å²) in [4.78, 5) is 55.1. The molecule has 2 amide bonds. The van der Waals surface area contributed by atoms with E-state index < -0.39 is 95.5 Å². The van der Waals surface area contributed by atoms with Gasteiger partial charge in [0.15, 0.2) is 12.4 Å². The normalized spacial score (nSPS) is 29.5. The fourth-order valence-corrected chi connectivity index (χ4v) is 7.95. The van der Waals surface area contributed by atoms with Crippen molar-refractivity contribution in [3.8, 4) is 23.0 Å². The Morgan fingerprint density at radius 2 is 1.60 bits per heavy atom. The first-order valence-corrected chi connectivity index (χ1v) is 20.7. The number of nitrogens with zero attached hydrogens (tertiary/aromatic N) is 1. The van der Waals surface area contributed by atoms with Gasteiger partial charge in [-0.25, -0.2) is 0 Å². The van der Waals surface area contributed by atoms with E-state index >= 15 is 0 Å². The molecule has 3 aliphatic rings. The monoisotopic (exact) mass is 878 g/mol. The van der Waals surface area contributed by atoms with Crippen LogP contribution in [0.25, 0.3) is 10.8 Å². The average Bonchev–Trinajstić information content (AvgIpc) is 3.47. The van der Waals surface area contributed by atoms with Crippen LogP contribution in [0.1, 0.15) is 64.4 Å². The molecule has 9 atom stereocenters. The van der Waals surface area contributed by atoms with E-state index in [2.05, 4.69) is 5.32 Å². The molecule has 0 spiro atoms. The van der Waals surface area contributed by atoms with Gasteiger partial charge in [0, 0.05) is 92.1 Å². The maximum absolute atomic E-state index is 14.5. The number of alkyl halides is 2. The number of anilines is 1. The third kappa shape index (κ3) is 10.1. The van der Waals surface area contributed by atoms with Crippen molar-refractivity contribution in [1.29, 1.82) is 0 Å². The zero-order valence-corrected chi connectivity index (χ0v) is 36.8. The molecule has 5 N–H and O–H groups in total. The fourth-order valence-electron chi connectivity index (χ4n) is 7.54. The summed E-state index contributed by atoms with van der Waals surface area (Å²) in [5.41, 5.74) is -0.129. The number of aliphatic hydroxyl groups is 2. The molecule has 2 aromatic rings. The van der Waals surface area contributed by atoms with Crippen molar-refractivity contribution in [3.05, 3.63) is 53.3 Å². The van der Waals surface area contributed by atoms with Crippen LogP contribution in [-0.2, 0) is 28.6 Å². The molecular formula is C43H56Cl2N2O13. The van der Waals surface area contributed by atoms with Gasteiger partial charge in [-0.3, -0.25) is 19.2 Å². The molecule has 0 aromatic heterocycles. The first-order valence-electron chi connectivity index (χ1n) is 19.6. The van der Waals surface area contributed by atoms with E-state index in [0.29, 0.717) is 0 Å². The number of aliphatic hydroxyl groups excluding tert-OH is 2. The highest BCUT2D eigenvalue weighted by atomic mass is 35.5. The summed E-state index contributed by atoms with van der Waals surface area (Å²) in [6.45, 7) is 12.2. The zero-order chi connectivity index (χ0) is 44.8. The number of carbonyl (C=O) groups is 4. The molecule has 0 unspecified atom stereocenters. The largest absolute Gasteiger partial charge is 0.507 e. The van der Waals surface area contributed by atoms with Gasteiger partial charge in [-0.1, -0.05) is 45.9 Å². The Labute approximate surface area is 359 Å². The summed E-state index contributed by atoms with van der Waals surface area (Å²) >= 11 is 11.8. The third-order valence-corrected chi connectivity index (χ3v) is 11.6. The van der Waals surface area contributed by atoms with Gasteiger partial charge in [-0.2, -0.15) is 0 Å². The lowest BCUT2D eigenvalue weighted by Crippen LogP contribution is -2.46.